The molecule has 1 saturated heterocycles. The van der Waals surface area contributed by atoms with Crippen LogP contribution in [0.25, 0.3) is 0 Å². The van der Waals surface area contributed by atoms with Gasteiger partial charge in [0, 0.05) is 5.69 Å². The molecule has 0 radical (unpaired) electrons. The molecule has 2 rings (SSSR count). The number of piperidine rings is 1. The monoisotopic (exact) mass is 229 g/mol. The van der Waals surface area contributed by atoms with Crippen molar-refractivity contribution in [2.75, 3.05) is 11.9 Å². The predicted molar refractivity (Wildman–Crippen MR) is 65.4 cm³/mol. The van der Waals surface area contributed by atoms with Crippen molar-refractivity contribution in [2.24, 2.45) is 0 Å². The first-order valence-corrected chi connectivity index (χ1v) is 5.84. The molecule has 1 aromatic rings. The van der Waals surface area contributed by atoms with Gasteiger partial charge in [0.25, 0.3) is 0 Å². The van der Waals surface area contributed by atoms with E-state index in [1.807, 2.05) is 0 Å². The van der Waals surface area contributed by atoms with Crippen molar-refractivity contribution in [3.8, 4) is 6.07 Å². The highest BCUT2D eigenvalue weighted by atomic mass is 16.2. The summed E-state index contributed by atoms with van der Waals surface area (Å²) in [6.45, 7) is 0.899. The van der Waals surface area contributed by atoms with Crippen molar-refractivity contribution in [2.45, 2.75) is 25.3 Å². The van der Waals surface area contributed by atoms with E-state index in [1.54, 1.807) is 24.3 Å². The van der Waals surface area contributed by atoms with Crippen LogP contribution >= 0.6 is 0 Å². The highest BCUT2D eigenvalue weighted by Gasteiger charge is 2.20. The minimum absolute atomic E-state index is 0.0141. The van der Waals surface area contributed by atoms with Crippen molar-refractivity contribution in [1.29, 1.82) is 5.26 Å². The minimum atomic E-state index is -0.102. The van der Waals surface area contributed by atoms with Crippen molar-refractivity contribution >= 4 is 11.6 Å². The van der Waals surface area contributed by atoms with E-state index in [4.69, 9.17) is 5.26 Å². The molecule has 0 aliphatic carbocycles. The number of rotatable bonds is 2. The number of nitriles is 1. The Morgan fingerprint density at radius 3 is 3.06 bits per heavy atom. The van der Waals surface area contributed by atoms with Crippen LogP contribution in [-0.4, -0.2) is 18.5 Å². The Hall–Kier alpha value is -1.86. The highest BCUT2D eigenvalue weighted by Crippen LogP contribution is 2.13. The van der Waals surface area contributed by atoms with Crippen LogP contribution in [0.2, 0.25) is 0 Å². The summed E-state index contributed by atoms with van der Waals surface area (Å²) in [5.74, 6) is -0.0141. The molecule has 1 fully saturated rings. The zero-order valence-electron chi connectivity index (χ0n) is 9.57. The van der Waals surface area contributed by atoms with Crippen molar-refractivity contribution in [3.05, 3.63) is 29.8 Å². The molecule has 1 heterocycles. The molecule has 1 aliphatic heterocycles. The largest absolute Gasteiger partial charge is 0.325 e. The molecule has 0 aromatic heterocycles. The van der Waals surface area contributed by atoms with Gasteiger partial charge in [-0.2, -0.15) is 5.26 Å². The summed E-state index contributed by atoms with van der Waals surface area (Å²) >= 11 is 0. The third kappa shape index (κ3) is 3.05. The highest BCUT2D eigenvalue weighted by molar-refractivity contribution is 5.95. The second kappa shape index (κ2) is 5.46. The van der Waals surface area contributed by atoms with Crippen LogP contribution in [0.3, 0.4) is 0 Å². The first-order valence-electron chi connectivity index (χ1n) is 5.84. The summed E-state index contributed by atoms with van der Waals surface area (Å²) in [5, 5.41) is 14.8. The first-order chi connectivity index (χ1) is 8.29. The van der Waals surface area contributed by atoms with E-state index in [9.17, 15) is 4.79 Å². The molecule has 1 atom stereocenters. The van der Waals surface area contributed by atoms with Gasteiger partial charge < -0.3 is 10.6 Å². The molecule has 2 N–H and O–H groups in total. The normalized spacial score (nSPS) is 19.4. The third-order valence-electron chi connectivity index (χ3n) is 2.89. The van der Waals surface area contributed by atoms with Gasteiger partial charge in [-0.25, -0.2) is 0 Å². The average Bonchev–Trinajstić information content (AvgIpc) is 2.40. The van der Waals surface area contributed by atoms with Crippen LogP contribution in [0.1, 0.15) is 24.8 Å². The van der Waals surface area contributed by atoms with E-state index in [0.29, 0.717) is 11.3 Å². The maximum Gasteiger partial charge on any atom is 0.241 e. The van der Waals surface area contributed by atoms with E-state index in [1.165, 1.54) is 0 Å². The lowest BCUT2D eigenvalue weighted by Crippen LogP contribution is -2.43. The summed E-state index contributed by atoms with van der Waals surface area (Å²) in [6, 6.07) is 8.91. The molecule has 0 unspecified atom stereocenters. The Bertz CT molecular complexity index is 444. The third-order valence-corrected chi connectivity index (χ3v) is 2.89. The molecule has 4 nitrogen and oxygen atoms in total. The summed E-state index contributed by atoms with van der Waals surface area (Å²) < 4.78 is 0. The Kier molecular flexibility index (Phi) is 3.73. The lowest BCUT2D eigenvalue weighted by atomic mass is 10.0. The van der Waals surface area contributed by atoms with Crippen LogP contribution in [0.15, 0.2) is 24.3 Å². The van der Waals surface area contributed by atoms with Gasteiger partial charge >= 0.3 is 0 Å². The van der Waals surface area contributed by atoms with Crippen molar-refractivity contribution < 1.29 is 4.79 Å². The van der Waals surface area contributed by atoms with E-state index >= 15 is 0 Å². The second-order valence-corrected chi connectivity index (χ2v) is 4.18. The van der Waals surface area contributed by atoms with Crippen LogP contribution in [0.5, 0.6) is 0 Å². The van der Waals surface area contributed by atoms with E-state index in [0.717, 1.165) is 25.8 Å². The molecule has 0 bridgehead atoms. The van der Waals surface area contributed by atoms with Crippen LogP contribution < -0.4 is 10.6 Å². The number of anilines is 1. The summed E-state index contributed by atoms with van der Waals surface area (Å²) in [7, 11) is 0. The van der Waals surface area contributed by atoms with Crippen LogP contribution in [0, 0.1) is 11.3 Å². The Morgan fingerprint density at radius 1 is 1.47 bits per heavy atom. The van der Waals surface area contributed by atoms with E-state index in [-0.39, 0.29) is 11.9 Å². The second-order valence-electron chi connectivity index (χ2n) is 4.18. The summed E-state index contributed by atoms with van der Waals surface area (Å²) in [4.78, 5) is 11.9. The van der Waals surface area contributed by atoms with Crippen molar-refractivity contribution in [1.82, 2.24) is 5.32 Å². The first kappa shape index (κ1) is 11.6. The molecule has 1 aromatic carbocycles. The van der Waals surface area contributed by atoms with Gasteiger partial charge in [0.1, 0.15) is 0 Å². The number of amides is 1. The molecule has 0 saturated carbocycles. The fourth-order valence-corrected chi connectivity index (χ4v) is 1.97. The van der Waals surface area contributed by atoms with Gasteiger partial charge in [-0.05, 0) is 37.6 Å². The van der Waals surface area contributed by atoms with Gasteiger partial charge in [-0.1, -0.05) is 12.5 Å². The summed E-state index contributed by atoms with van der Waals surface area (Å²) in [5.41, 5.74) is 1.24. The van der Waals surface area contributed by atoms with Crippen LogP contribution in [0.4, 0.5) is 5.69 Å². The average molecular weight is 229 g/mol. The SMILES string of the molecule is N#Cc1cccc(NC(=O)[C@H]2CCCCN2)c1. The molecule has 1 aliphatic rings. The number of nitrogens with zero attached hydrogens (tertiary/aromatic N) is 1. The van der Waals surface area contributed by atoms with E-state index < -0.39 is 0 Å². The topological polar surface area (TPSA) is 64.9 Å². The van der Waals surface area contributed by atoms with Crippen LogP contribution in [-0.2, 0) is 4.79 Å². The zero-order chi connectivity index (χ0) is 12.1. The number of nitrogens with one attached hydrogen (secondary N) is 2. The number of carbonyl (C=O) groups excluding carboxylic acids is 1. The number of carbonyl (C=O) groups is 1. The van der Waals surface area contributed by atoms with Gasteiger partial charge in [0.05, 0.1) is 17.7 Å². The van der Waals surface area contributed by atoms with Gasteiger partial charge in [-0.3, -0.25) is 4.79 Å². The Labute approximate surface area is 101 Å². The summed E-state index contributed by atoms with van der Waals surface area (Å²) in [6.07, 6.45) is 3.10. The molecule has 17 heavy (non-hydrogen) atoms. The molecule has 4 heteroatoms. The maximum absolute atomic E-state index is 11.9. The molecule has 88 valence electrons. The Morgan fingerprint density at radius 2 is 2.35 bits per heavy atom. The lowest BCUT2D eigenvalue weighted by Gasteiger charge is -2.22. The van der Waals surface area contributed by atoms with Crippen molar-refractivity contribution in [3.63, 3.8) is 0 Å². The smallest absolute Gasteiger partial charge is 0.241 e. The standard InChI is InChI=1S/C13H15N3O/c14-9-10-4-3-5-11(8-10)16-13(17)12-6-1-2-7-15-12/h3-5,8,12,15H,1-2,6-7H2,(H,16,17)/t12-/m1/s1. The quantitative estimate of drug-likeness (QED) is 0.810. The predicted octanol–water partition coefficient (Wildman–Crippen LogP) is 1.64. The molecule has 0 spiro atoms. The van der Waals surface area contributed by atoms with Gasteiger partial charge in [-0.15, -0.1) is 0 Å². The minimum Gasteiger partial charge on any atom is -0.325 e. The molecular weight excluding hydrogens is 214 g/mol. The fourth-order valence-electron chi connectivity index (χ4n) is 1.97. The fraction of sp³-hybridized carbons (Fsp3) is 0.385. The molecular formula is C13H15N3O. The zero-order valence-corrected chi connectivity index (χ0v) is 9.57. The number of hydrogen-bond donors (Lipinski definition) is 2. The molecule has 1 amide bonds. The lowest BCUT2D eigenvalue weighted by molar-refractivity contribution is -0.118. The van der Waals surface area contributed by atoms with E-state index in [2.05, 4.69) is 16.7 Å². The van der Waals surface area contributed by atoms with Gasteiger partial charge in [0.15, 0.2) is 0 Å². The van der Waals surface area contributed by atoms with Gasteiger partial charge in [0.2, 0.25) is 5.91 Å². The maximum atomic E-state index is 11.9. The number of benzene rings is 1. The number of hydrogen-bond acceptors (Lipinski definition) is 3. The Balaban J connectivity index is 1.99.